The van der Waals surface area contributed by atoms with Crippen LogP contribution in [0.2, 0.25) is 0 Å². The van der Waals surface area contributed by atoms with Crippen LogP contribution in [0.4, 0.5) is 0 Å². The molecule has 1 aliphatic rings. The average molecular weight is 332 g/mol. The third kappa shape index (κ3) is 4.37. The number of hydrogen-bond acceptors (Lipinski definition) is 3. The van der Waals surface area contributed by atoms with Gasteiger partial charge < -0.3 is 9.84 Å². The third-order valence-corrected chi connectivity index (χ3v) is 4.64. The number of aliphatic carboxylic acids is 1. The van der Waals surface area contributed by atoms with E-state index in [1.165, 1.54) is 33.1 Å². The third-order valence-electron chi connectivity index (χ3n) is 4.64. The molecule has 0 saturated carbocycles. The van der Waals surface area contributed by atoms with Crippen molar-refractivity contribution in [2.24, 2.45) is 0 Å². The first-order chi connectivity index (χ1) is 11.3. The quantitative estimate of drug-likeness (QED) is 0.673. The number of carboxylic acid groups (broad SMARTS) is 1. The minimum absolute atomic E-state index is 0.123. The van der Waals surface area contributed by atoms with Crippen molar-refractivity contribution in [1.29, 1.82) is 0 Å². The molecule has 0 aliphatic heterocycles. The molecule has 4 heteroatoms. The first-order valence-corrected chi connectivity index (χ1v) is 8.96. The summed E-state index contributed by atoms with van der Waals surface area (Å²) in [6.45, 7) is 5.27. The molecule has 0 aromatic heterocycles. The van der Waals surface area contributed by atoms with Crippen LogP contribution in [0, 0.1) is 0 Å². The largest absolute Gasteiger partial charge is 0.478 e. The highest BCUT2D eigenvalue weighted by Crippen LogP contribution is 2.33. The fraction of sp³-hybridized carbons (Fsp3) is 0.600. The molecule has 1 aliphatic carbocycles. The molecule has 1 aromatic rings. The number of carboxylic acids is 1. The number of aryl methyl sites for hydroxylation is 2. The lowest BCUT2D eigenvalue weighted by Gasteiger charge is -2.24. The van der Waals surface area contributed by atoms with E-state index in [0.29, 0.717) is 17.7 Å². The Labute approximate surface area is 144 Å². The zero-order valence-corrected chi connectivity index (χ0v) is 15.0. The van der Waals surface area contributed by atoms with Gasteiger partial charge in [0.25, 0.3) is 0 Å². The van der Waals surface area contributed by atoms with Crippen LogP contribution in [0.3, 0.4) is 0 Å². The summed E-state index contributed by atoms with van der Waals surface area (Å²) in [5.74, 6) is -0.340. The van der Waals surface area contributed by atoms with E-state index in [2.05, 4.69) is 6.92 Å². The lowest BCUT2D eigenvalue weighted by molar-refractivity contribution is -0.152. The maximum Gasteiger partial charge on any atom is 0.347 e. The number of hydrogen-bond donors (Lipinski definition) is 1. The topological polar surface area (TPSA) is 63.6 Å². The molecule has 0 fully saturated rings. The van der Waals surface area contributed by atoms with Gasteiger partial charge in [-0.25, -0.2) is 4.79 Å². The number of ether oxygens (including phenoxy) is 1. The summed E-state index contributed by atoms with van der Waals surface area (Å²) < 4.78 is 5.79. The highest BCUT2D eigenvalue weighted by molar-refractivity contribution is 6.01. The maximum absolute atomic E-state index is 12.0. The minimum atomic E-state index is -1.31. The lowest BCUT2D eigenvalue weighted by Crippen LogP contribution is -2.38. The van der Waals surface area contributed by atoms with Crippen LogP contribution in [-0.4, -0.2) is 22.5 Å². The van der Waals surface area contributed by atoms with Gasteiger partial charge in [0.05, 0.1) is 0 Å². The number of unbranched alkanes of at least 4 members (excludes halogenated alkanes) is 4. The van der Waals surface area contributed by atoms with Crippen LogP contribution in [-0.2, 0) is 17.6 Å². The second kappa shape index (κ2) is 7.82. The van der Waals surface area contributed by atoms with Crippen LogP contribution < -0.4 is 4.74 Å². The summed E-state index contributed by atoms with van der Waals surface area (Å²) in [4.78, 5) is 23.4. The number of ketones is 1. The lowest BCUT2D eigenvalue weighted by atomic mass is 9.99. The van der Waals surface area contributed by atoms with Gasteiger partial charge in [0.2, 0.25) is 0 Å². The summed E-state index contributed by atoms with van der Waals surface area (Å²) in [6.07, 6.45) is 8.06. The SMILES string of the molecule is CCCCCCCc1cc2c(cc1OC(C)(C)C(=O)O)C(=O)CC2. The fourth-order valence-corrected chi connectivity index (χ4v) is 3.05. The van der Waals surface area contributed by atoms with Gasteiger partial charge in [-0.05, 0) is 50.3 Å². The number of rotatable bonds is 9. The summed E-state index contributed by atoms with van der Waals surface area (Å²) >= 11 is 0. The van der Waals surface area contributed by atoms with Crippen molar-refractivity contribution < 1.29 is 19.4 Å². The van der Waals surface area contributed by atoms with E-state index < -0.39 is 11.6 Å². The fourth-order valence-electron chi connectivity index (χ4n) is 3.05. The predicted octanol–water partition coefficient (Wildman–Crippen LogP) is 4.57. The Kier molecular flexibility index (Phi) is 6.03. The normalized spacial score (nSPS) is 13.9. The first kappa shape index (κ1) is 18.5. The minimum Gasteiger partial charge on any atom is -0.478 e. The highest BCUT2D eigenvalue weighted by Gasteiger charge is 2.31. The van der Waals surface area contributed by atoms with Crippen LogP contribution in [0.5, 0.6) is 5.75 Å². The van der Waals surface area contributed by atoms with E-state index in [1.54, 1.807) is 6.07 Å². The molecule has 0 bridgehead atoms. The molecular formula is C20H28O4. The van der Waals surface area contributed by atoms with Crippen LogP contribution in [0.1, 0.15) is 80.8 Å². The summed E-state index contributed by atoms with van der Waals surface area (Å²) in [5.41, 5.74) is 1.48. The molecule has 0 spiro atoms. The van der Waals surface area contributed by atoms with Gasteiger partial charge in [-0.3, -0.25) is 4.79 Å². The van der Waals surface area contributed by atoms with Crippen molar-refractivity contribution in [2.45, 2.75) is 77.7 Å². The van der Waals surface area contributed by atoms with Crippen molar-refractivity contribution in [3.8, 4) is 5.75 Å². The molecule has 0 saturated heterocycles. The van der Waals surface area contributed by atoms with E-state index in [9.17, 15) is 14.7 Å². The van der Waals surface area contributed by atoms with Gasteiger partial charge in [-0.2, -0.15) is 0 Å². The van der Waals surface area contributed by atoms with Gasteiger partial charge in [-0.1, -0.05) is 38.7 Å². The summed E-state index contributed by atoms with van der Waals surface area (Å²) in [5, 5.41) is 9.32. The Hall–Kier alpha value is -1.84. The maximum atomic E-state index is 12.0. The Balaban J connectivity index is 2.20. The zero-order valence-electron chi connectivity index (χ0n) is 15.0. The van der Waals surface area contributed by atoms with Crippen molar-refractivity contribution in [3.63, 3.8) is 0 Å². The number of fused-ring (bicyclic) bond motifs is 1. The Morgan fingerprint density at radius 2 is 1.88 bits per heavy atom. The highest BCUT2D eigenvalue weighted by atomic mass is 16.5. The van der Waals surface area contributed by atoms with Gasteiger partial charge in [0.15, 0.2) is 11.4 Å². The smallest absolute Gasteiger partial charge is 0.347 e. The number of benzene rings is 1. The molecule has 1 N–H and O–H groups in total. The molecule has 132 valence electrons. The number of Topliss-reactive ketones (excluding diaryl/α,β-unsaturated/α-hetero) is 1. The van der Waals surface area contributed by atoms with E-state index in [-0.39, 0.29) is 5.78 Å². The second-order valence-corrected chi connectivity index (χ2v) is 7.12. The Morgan fingerprint density at radius 1 is 1.17 bits per heavy atom. The standard InChI is InChI=1S/C20H28O4/c1-4-5-6-7-8-9-15-12-14-10-11-17(21)16(14)13-18(15)24-20(2,3)19(22)23/h12-13H,4-11H2,1-3H3,(H,22,23). The van der Waals surface area contributed by atoms with E-state index in [0.717, 1.165) is 36.8 Å². The average Bonchev–Trinajstić information content (AvgIpc) is 2.87. The van der Waals surface area contributed by atoms with Gasteiger partial charge in [-0.15, -0.1) is 0 Å². The monoisotopic (exact) mass is 332 g/mol. The van der Waals surface area contributed by atoms with E-state index >= 15 is 0 Å². The van der Waals surface area contributed by atoms with E-state index in [1.807, 2.05) is 6.07 Å². The van der Waals surface area contributed by atoms with Crippen molar-refractivity contribution in [1.82, 2.24) is 0 Å². The van der Waals surface area contributed by atoms with Crippen LogP contribution >= 0.6 is 0 Å². The molecule has 24 heavy (non-hydrogen) atoms. The van der Waals surface area contributed by atoms with Crippen LogP contribution in [0.25, 0.3) is 0 Å². The number of carbonyl (C=O) groups excluding carboxylic acids is 1. The van der Waals surface area contributed by atoms with Gasteiger partial charge >= 0.3 is 5.97 Å². The molecule has 0 radical (unpaired) electrons. The number of carbonyl (C=O) groups is 2. The summed E-state index contributed by atoms with van der Waals surface area (Å²) in [6, 6.07) is 3.81. The van der Waals surface area contributed by atoms with E-state index in [4.69, 9.17) is 4.74 Å². The molecule has 0 amide bonds. The predicted molar refractivity (Wildman–Crippen MR) is 93.9 cm³/mol. The van der Waals surface area contributed by atoms with Crippen molar-refractivity contribution in [3.05, 3.63) is 28.8 Å². The molecule has 2 rings (SSSR count). The Bertz CT molecular complexity index is 616. The summed E-state index contributed by atoms with van der Waals surface area (Å²) in [7, 11) is 0. The molecule has 4 nitrogen and oxygen atoms in total. The van der Waals surface area contributed by atoms with Crippen LogP contribution in [0.15, 0.2) is 12.1 Å². The zero-order chi connectivity index (χ0) is 17.7. The molecule has 0 heterocycles. The van der Waals surface area contributed by atoms with Crippen molar-refractivity contribution in [2.75, 3.05) is 0 Å². The first-order valence-electron chi connectivity index (χ1n) is 8.96. The molecule has 0 unspecified atom stereocenters. The Morgan fingerprint density at radius 3 is 2.54 bits per heavy atom. The molecule has 1 aromatic carbocycles. The van der Waals surface area contributed by atoms with Gasteiger partial charge in [0, 0.05) is 12.0 Å². The molecule has 0 atom stereocenters. The van der Waals surface area contributed by atoms with Crippen molar-refractivity contribution >= 4 is 11.8 Å². The van der Waals surface area contributed by atoms with Gasteiger partial charge in [0.1, 0.15) is 5.75 Å². The molecular weight excluding hydrogens is 304 g/mol. The second-order valence-electron chi connectivity index (χ2n) is 7.12.